The Morgan fingerprint density at radius 3 is 1.65 bits per heavy atom. The van der Waals surface area contributed by atoms with E-state index in [0.29, 0.717) is 0 Å². The van der Waals surface area contributed by atoms with E-state index in [2.05, 4.69) is 216 Å². The van der Waals surface area contributed by atoms with E-state index in [1.54, 1.807) is 0 Å². The summed E-state index contributed by atoms with van der Waals surface area (Å²) in [5.41, 5.74) is 20.4. The highest BCUT2D eigenvalue weighted by Gasteiger charge is 2.38. The van der Waals surface area contributed by atoms with Gasteiger partial charge in [-0.3, -0.25) is 0 Å². The van der Waals surface area contributed by atoms with Crippen LogP contribution in [0.15, 0.2) is 194 Å². The minimum absolute atomic E-state index is 0.0498. The molecule has 0 radical (unpaired) electrons. The quantitative estimate of drug-likeness (QED) is 0.173. The first kappa shape index (κ1) is 36.4. The van der Waals surface area contributed by atoms with Gasteiger partial charge in [0.05, 0.1) is 11.4 Å². The second kappa shape index (κ2) is 13.5. The van der Waals surface area contributed by atoms with Gasteiger partial charge in [-0.15, -0.1) is 0 Å². The molecule has 0 N–H and O–H groups in total. The lowest BCUT2D eigenvalue weighted by Gasteiger charge is -2.22. The van der Waals surface area contributed by atoms with Crippen molar-refractivity contribution in [2.45, 2.75) is 38.5 Å². The molecule has 0 fully saturated rings. The molecule has 0 saturated heterocycles. The molecule has 2 heteroatoms. The second-order valence-electron chi connectivity index (χ2n) is 18.1. The fourth-order valence-corrected chi connectivity index (χ4v) is 10.6. The zero-order chi connectivity index (χ0) is 41.7. The van der Waals surface area contributed by atoms with E-state index in [4.69, 9.17) is 9.97 Å². The lowest BCUT2D eigenvalue weighted by Crippen LogP contribution is -2.14. The topological polar surface area (TPSA) is 25.8 Å². The van der Waals surface area contributed by atoms with Gasteiger partial charge in [-0.25, -0.2) is 9.97 Å². The average molecular weight is 793 g/mol. The van der Waals surface area contributed by atoms with Gasteiger partial charge in [0.1, 0.15) is 0 Å². The van der Waals surface area contributed by atoms with Crippen molar-refractivity contribution < 1.29 is 0 Å². The minimum atomic E-state index is -0.107. The molecule has 2 aliphatic rings. The molecule has 0 amide bonds. The monoisotopic (exact) mass is 792 g/mol. The van der Waals surface area contributed by atoms with Crippen molar-refractivity contribution in [2.75, 3.05) is 0 Å². The molecule has 0 bridgehead atoms. The third kappa shape index (κ3) is 5.49. The molecule has 1 aromatic heterocycles. The van der Waals surface area contributed by atoms with E-state index in [0.717, 1.165) is 39.3 Å². The summed E-state index contributed by atoms with van der Waals surface area (Å²) in [6.45, 7) is 9.38. The number of aromatic nitrogens is 2. The van der Waals surface area contributed by atoms with Crippen LogP contribution in [-0.2, 0) is 10.8 Å². The van der Waals surface area contributed by atoms with Crippen molar-refractivity contribution in [2.24, 2.45) is 0 Å². The molecule has 2 nitrogen and oxygen atoms in total. The van der Waals surface area contributed by atoms with Crippen LogP contribution < -0.4 is 0 Å². The first-order valence-electron chi connectivity index (χ1n) is 21.7. The zero-order valence-corrected chi connectivity index (χ0v) is 35.4. The number of benzene rings is 9. The largest absolute Gasteiger partial charge is 0.228 e. The second-order valence-corrected chi connectivity index (χ2v) is 18.1. The summed E-state index contributed by atoms with van der Waals surface area (Å²) >= 11 is 0. The summed E-state index contributed by atoms with van der Waals surface area (Å²) in [7, 11) is 0. The molecule has 294 valence electrons. The third-order valence-electron chi connectivity index (χ3n) is 13.9. The van der Waals surface area contributed by atoms with E-state index >= 15 is 0 Å². The number of fused-ring (bicyclic) bond motifs is 8. The predicted octanol–water partition coefficient (Wildman–Crippen LogP) is 15.7. The Kier molecular flexibility index (Phi) is 7.96. The summed E-state index contributed by atoms with van der Waals surface area (Å²) in [5.74, 6) is 0.719. The van der Waals surface area contributed by atoms with Crippen LogP contribution >= 0.6 is 0 Å². The van der Waals surface area contributed by atoms with Crippen LogP contribution in [0.1, 0.15) is 49.9 Å². The molecule has 2 aliphatic carbocycles. The van der Waals surface area contributed by atoms with E-state index in [-0.39, 0.29) is 10.8 Å². The van der Waals surface area contributed by atoms with E-state index < -0.39 is 0 Å². The first-order valence-corrected chi connectivity index (χ1v) is 21.7. The number of hydrogen-bond acceptors (Lipinski definition) is 2. The van der Waals surface area contributed by atoms with Crippen molar-refractivity contribution >= 4 is 21.5 Å². The highest BCUT2D eigenvalue weighted by molar-refractivity contribution is 6.05. The Bertz CT molecular complexity index is 3450. The maximum atomic E-state index is 5.32. The summed E-state index contributed by atoms with van der Waals surface area (Å²) in [5, 5.41) is 4.94. The number of hydrogen-bond donors (Lipinski definition) is 0. The van der Waals surface area contributed by atoms with Gasteiger partial charge in [-0.2, -0.15) is 0 Å². The number of rotatable bonds is 5. The molecule has 0 unspecified atom stereocenters. The van der Waals surface area contributed by atoms with Crippen LogP contribution in [-0.4, -0.2) is 9.97 Å². The molecule has 12 rings (SSSR count). The lowest BCUT2D eigenvalue weighted by atomic mass is 9.81. The Morgan fingerprint density at radius 1 is 0.306 bits per heavy atom. The van der Waals surface area contributed by atoms with Gasteiger partial charge in [-0.05, 0) is 113 Å². The van der Waals surface area contributed by atoms with Crippen LogP contribution in [0.4, 0.5) is 0 Å². The zero-order valence-electron chi connectivity index (χ0n) is 35.4. The predicted molar refractivity (Wildman–Crippen MR) is 259 cm³/mol. The maximum Gasteiger partial charge on any atom is 0.160 e. The Balaban J connectivity index is 0.951. The standard InChI is InChI=1S/C60H44N2/c1-59(2)51-23-13-12-21-47(51)57-48(22-14-24-53(57)59)56-36-55(61-58(62-56)39-15-6-5-7-16-39)46-31-30-43(44-19-10-11-20-45(44)46)38-27-25-37(26-28-38)42-29-32-52-49(34-42)50-33-40-17-8-9-18-41(40)35-54(50)60(52,3)4/h5-36H,1-4H3. The van der Waals surface area contributed by atoms with Crippen molar-refractivity contribution in [1.82, 2.24) is 9.97 Å². The van der Waals surface area contributed by atoms with Gasteiger partial charge in [-0.1, -0.05) is 198 Å². The molecule has 62 heavy (non-hydrogen) atoms. The molecule has 0 aliphatic heterocycles. The van der Waals surface area contributed by atoms with Gasteiger partial charge < -0.3 is 0 Å². The van der Waals surface area contributed by atoms with E-state index in [9.17, 15) is 0 Å². The van der Waals surface area contributed by atoms with Gasteiger partial charge in [0.2, 0.25) is 0 Å². The maximum absolute atomic E-state index is 5.32. The molecular weight excluding hydrogens is 749 g/mol. The molecule has 9 aromatic carbocycles. The van der Waals surface area contributed by atoms with Crippen LogP contribution in [0.25, 0.3) is 100.0 Å². The Hall–Kier alpha value is -7.42. The van der Waals surface area contributed by atoms with Crippen molar-refractivity contribution in [1.29, 1.82) is 0 Å². The van der Waals surface area contributed by atoms with Crippen LogP contribution in [0, 0.1) is 0 Å². The summed E-state index contributed by atoms with van der Waals surface area (Å²) < 4.78 is 0. The van der Waals surface area contributed by atoms with Crippen molar-refractivity contribution in [3.63, 3.8) is 0 Å². The lowest BCUT2D eigenvalue weighted by molar-refractivity contribution is 0.660. The van der Waals surface area contributed by atoms with E-state index in [1.807, 2.05) is 6.07 Å². The van der Waals surface area contributed by atoms with Crippen molar-refractivity contribution in [3.05, 3.63) is 216 Å². The molecule has 0 atom stereocenters. The highest BCUT2D eigenvalue weighted by atomic mass is 14.9. The fraction of sp³-hybridized carbons (Fsp3) is 0.100. The third-order valence-corrected chi connectivity index (χ3v) is 13.9. The normalized spacial score (nSPS) is 14.1. The van der Waals surface area contributed by atoms with Crippen LogP contribution in [0.3, 0.4) is 0 Å². The Morgan fingerprint density at radius 2 is 0.855 bits per heavy atom. The first-order chi connectivity index (χ1) is 30.2. The van der Waals surface area contributed by atoms with Gasteiger partial charge >= 0.3 is 0 Å². The van der Waals surface area contributed by atoms with Crippen LogP contribution in [0.2, 0.25) is 0 Å². The van der Waals surface area contributed by atoms with Gasteiger partial charge in [0.15, 0.2) is 5.82 Å². The summed E-state index contributed by atoms with van der Waals surface area (Å²) in [6, 6.07) is 71.1. The fourth-order valence-electron chi connectivity index (χ4n) is 10.6. The molecule has 0 saturated carbocycles. The average Bonchev–Trinajstić information content (AvgIpc) is 3.69. The summed E-state index contributed by atoms with van der Waals surface area (Å²) in [4.78, 5) is 10.6. The molecule has 10 aromatic rings. The molecule has 1 heterocycles. The summed E-state index contributed by atoms with van der Waals surface area (Å²) in [6.07, 6.45) is 0. The van der Waals surface area contributed by atoms with Gasteiger partial charge in [0, 0.05) is 27.5 Å². The number of nitrogens with zero attached hydrogens (tertiary/aromatic N) is 2. The highest BCUT2D eigenvalue weighted by Crippen LogP contribution is 2.53. The van der Waals surface area contributed by atoms with Gasteiger partial charge in [0.25, 0.3) is 0 Å². The Labute approximate surface area is 363 Å². The van der Waals surface area contributed by atoms with E-state index in [1.165, 1.54) is 82.9 Å². The smallest absolute Gasteiger partial charge is 0.160 e. The molecule has 0 spiro atoms. The molecular formula is C60H44N2. The van der Waals surface area contributed by atoms with Crippen molar-refractivity contribution in [3.8, 4) is 78.4 Å². The van der Waals surface area contributed by atoms with Crippen LogP contribution in [0.5, 0.6) is 0 Å². The minimum Gasteiger partial charge on any atom is -0.228 e. The SMILES string of the molecule is CC1(C)c2ccc(-c3ccc(-c4ccc(-c5cc(-c6cccc7c6-c6ccccc6C7(C)C)nc(-c6ccccc6)n5)c5ccccc45)cc3)cc2-c2cc3ccccc3cc21.